The molecule has 2 aromatic heterocycles. The van der Waals surface area contributed by atoms with Crippen molar-refractivity contribution in [2.45, 2.75) is 25.4 Å². The number of likely N-dealkylation sites (tertiary alicyclic amines) is 1. The van der Waals surface area contributed by atoms with Crippen LogP contribution >= 0.6 is 11.3 Å². The van der Waals surface area contributed by atoms with E-state index in [2.05, 4.69) is 22.4 Å². The molecule has 0 radical (unpaired) electrons. The number of hydrogen-bond donors (Lipinski definition) is 0. The number of thiophene rings is 1. The molecule has 0 amide bonds. The molecule has 0 aliphatic carbocycles. The molecule has 4 nitrogen and oxygen atoms in total. The average molecular weight is 341 g/mol. The fourth-order valence-corrected chi connectivity index (χ4v) is 4.40. The number of hydrogen-bond acceptors (Lipinski definition) is 5. The van der Waals surface area contributed by atoms with E-state index in [-0.39, 0.29) is 5.63 Å². The van der Waals surface area contributed by atoms with Gasteiger partial charge in [0.15, 0.2) is 0 Å². The lowest BCUT2D eigenvalue weighted by molar-refractivity contribution is 0.252. The highest BCUT2D eigenvalue weighted by molar-refractivity contribution is 7.10. The van der Waals surface area contributed by atoms with Gasteiger partial charge in [-0.1, -0.05) is 6.07 Å². The Kier molecular flexibility index (Phi) is 4.12. The maximum absolute atomic E-state index is 12.0. The van der Waals surface area contributed by atoms with Gasteiger partial charge < -0.3 is 9.15 Å². The number of nitrogens with zero attached hydrogens (tertiary/aromatic N) is 1. The topological polar surface area (TPSA) is 42.7 Å². The number of rotatable bonds is 4. The Balaban J connectivity index is 1.70. The smallest absolute Gasteiger partial charge is 0.336 e. The van der Waals surface area contributed by atoms with Crippen molar-refractivity contribution in [1.29, 1.82) is 0 Å². The van der Waals surface area contributed by atoms with Gasteiger partial charge in [-0.05, 0) is 48.5 Å². The van der Waals surface area contributed by atoms with E-state index in [1.165, 1.54) is 17.7 Å². The standard InChI is InChI=1S/C19H19NO3S/c1-22-14-6-7-15-13(10-19(21)23-17(15)11-14)12-20-8-2-4-16(20)18-5-3-9-24-18/h3,5-7,9-11,16H,2,4,8,12H2,1H3/t16-/m1/s1. The molecule has 5 heteroatoms. The Morgan fingerprint density at radius 2 is 2.25 bits per heavy atom. The van der Waals surface area contributed by atoms with E-state index in [0.717, 1.165) is 24.0 Å². The van der Waals surface area contributed by atoms with Crippen LogP contribution in [0.3, 0.4) is 0 Å². The fraction of sp³-hybridized carbons (Fsp3) is 0.316. The van der Waals surface area contributed by atoms with E-state index in [4.69, 9.17) is 9.15 Å². The molecule has 0 bridgehead atoms. The highest BCUT2D eigenvalue weighted by Gasteiger charge is 2.27. The molecule has 1 fully saturated rings. The summed E-state index contributed by atoms with van der Waals surface area (Å²) in [5, 5.41) is 3.11. The van der Waals surface area contributed by atoms with E-state index < -0.39 is 0 Å². The molecule has 3 aromatic rings. The van der Waals surface area contributed by atoms with Crippen molar-refractivity contribution in [3.63, 3.8) is 0 Å². The first kappa shape index (κ1) is 15.4. The van der Waals surface area contributed by atoms with Crippen LogP contribution in [0.4, 0.5) is 0 Å². The lowest BCUT2D eigenvalue weighted by Crippen LogP contribution is -2.23. The number of fused-ring (bicyclic) bond motifs is 1. The molecule has 1 aromatic carbocycles. The summed E-state index contributed by atoms with van der Waals surface area (Å²) in [6.07, 6.45) is 2.36. The summed E-state index contributed by atoms with van der Waals surface area (Å²) in [6.45, 7) is 1.82. The normalized spacial score (nSPS) is 18.3. The zero-order chi connectivity index (χ0) is 16.5. The first-order valence-corrected chi connectivity index (χ1v) is 9.01. The molecule has 3 heterocycles. The molecular formula is C19H19NO3S. The Bertz CT molecular complexity index is 901. The van der Waals surface area contributed by atoms with Crippen LogP contribution in [0.15, 0.2) is 51.0 Å². The van der Waals surface area contributed by atoms with Gasteiger partial charge in [0.1, 0.15) is 11.3 Å². The predicted molar refractivity (Wildman–Crippen MR) is 95.7 cm³/mol. The predicted octanol–water partition coefficient (Wildman–Crippen LogP) is 4.20. The Labute approximate surface area is 144 Å². The van der Waals surface area contributed by atoms with E-state index in [0.29, 0.717) is 17.4 Å². The Morgan fingerprint density at radius 1 is 1.33 bits per heavy atom. The SMILES string of the molecule is COc1ccc2c(CN3CCC[C@@H]3c3cccs3)cc(=O)oc2c1. The van der Waals surface area contributed by atoms with E-state index in [1.54, 1.807) is 19.2 Å². The number of methoxy groups -OCH3 is 1. The number of ether oxygens (including phenoxy) is 1. The second-order valence-electron chi connectivity index (χ2n) is 6.10. The molecule has 0 saturated carbocycles. The van der Waals surface area contributed by atoms with Crippen molar-refractivity contribution >= 4 is 22.3 Å². The van der Waals surface area contributed by atoms with Crippen LogP contribution in [-0.2, 0) is 6.54 Å². The van der Waals surface area contributed by atoms with Gasteiger partial charge in [0.05, 0.1) is 7.11 Å². The van der Waals surface area contributed by atoms with Crippen LogP contribution in [0.1, 0.15) is 29.3 Å². The van der Waals surface area contributed by atoms with Crippen LogP contribution in [0.25, 0.3) is 11.0 Å². The van der Waals surface area contributed by atoms with Crippen LogP contribution in [0, 0.1) is 0 Å². The maximum atomic E-state index is 12.0. The molecule has 1 atom stereocenters. The first-order chi connectivity index (χ1) is 11.7. The first-order valence-electron chi connectivity index (χ1n) is 8.13. The molecule has 24 heavy (non-hydrogen) atoms. The van der Waals surface area contributed by atoms with Crippen molar-refractivity contribution < 1.29 is 9.15 Å². The van der Waals surface area contributed by atoms with Gasteiger partial charge in [-0.15, -0.1) is 11.3 Å². The maximum Gasteiger partial charge on any atom is 0.336 e. The second kappa shape index (κ2) is 6.42. The average Bonchev–Trinajstić information content (AvgIpc) is 3.25. The minimum Gasteiger partial charge on any atom is -0.497 e. The molecule has 1 saturated heterocycles. The van der Waals surface area contributed by atoms with Gasteiger partial charge in [0.2, 0.25) is 0 Å². The van der Waals surface area contributed by atoms with Crippen LogP contribution in [0.5, 0.6) is 5.75 Å². The van der Waals surface area contributed by atoms with E-state index >= 15 is 0 Å². The van der Waals surface area contributed by atoms with Gasteiger partial charge in [-0.25, -0.2) is 4.79 Å². The van der Waals surface area contributed by atoms with Crippen molar-refractivity contribution in [3.05, 3.63) is 62.6 Å². The van der Waals surface area contributed by atoms with Gasteiger partial charge in [-0.2, -0.15) is 0 Å². The Hall–Kier alpha value is -2.11. The summed E-state index contributed by atoms with van der Waals surface area (Å²) in [4.78, 5) is 15.8. The fourth-order valence-electron chi connectivity index (χ4n) is 3.51. The van der Waals surface area contributed by atoms with Crippen molar-refractivity contribution in [2.24, 2.45) is 0 Å². The van der Waals surface area contributed by atoms with Gasteiger partial charge in [0.25, 0.3) is 0 Å². The quantitative estimate of drug-likeness (QED) is 0.667. The number of benzene rings is 1. The molecule has 4 rings (SSSR count). The highest BCUT2D eigenvalue weighted by atomic mass is 32.1. The monoisotopic (exact) mass is 341 g/mol. The summed E-state index contributed by atoms with van der Waals surface area (Å²) >= 11 is 1.81. The molecule has 124 valence electrons. The summed E-state index contributed by atoms with van der Waals surface area (Å²) in [7, 11) is 1.61. The molecule has 1 aliphatic heterocycles. The summed E-state index contributed by atoms with van der Waals surface area (Å²) in [5.41, 5.74) is 1.30. The summed E-state index contributed by atoms with van der Waals surface area (Å²) in [5.74, 6) is 0.695. The second-order valence-corrected chi connectivity index (χ2v) is 7.08. The van der Waals surface area contributed by atoms with Gasteiger partial charge >= 0.3 is 5.63 Å². The van der Waals surface area contributed by atoms with E-state index in [9.17, 15) is 4.79 Å². The molecule has 0 unspecified atom stereocenters. The van der Waals surface area contributed by atoms with Crippen LogP contribution in [0.2, 0.25) is 0 Å². The zero-order valence-corrected chi connectivity index (χ0v) is 14.3. The van der Waals surface area contributed by atoms with Crippen molar-refractivity contribution in [2.75, 3.05) is 13.7 Å². The third-order valence-electron chi connectivity index (χ3n) is 4.65. The minimum atomic E-state index is -0.308. The Morgan fingerprint density at radius 3 is 3.04 bits per heavy atom. The molecule has 1 aliphatic rings. The lowest BCUT2D eigenvalue weighted by Gasteiger charge is -2.24. The van der Waals surface area contributed by atoms with E-state index in [1.807, 2.05) is 23.5 Å². The van der Waals surface area contributed by atoms with Crippen LogP contribution < -0.4 is 10.4 Å². The molecule has 0 N–H and O–H groups in total. The third-order valence-corrected chi connectivity index (χ3v) is 5.62. The van der Waals surface area contributed by atoms with Gasteiger partial charge in [0, 0.05) is 35.0 Å². The molecular weight excluding hydrogens is 322 g/mol. The molecule has 0 spiro atoms. The minimum absolute atomic E-state index is 0.308. The third kappa shape index (κ3) is 2.85. The summed E-state index contributed by atoms with van der Waals surface area (Å²) in [6, 6.07) is 12.0. The van der Waals surface area contributed by atoms with Gasteiger partial charge in [-0.3, -0.25) is 4.90 Å². The largest absolute Gasteiger partial charge is 0.497 e. The lowest BCUT2D eigenvalue weighted by atomic mass is 10.1. The van der Waals surface area contributed by atoms with Crippen molar-refractivity contribution in [1.82, 2.24) is 4.90 Å². The van der Waals surface area contributed by atoms with Crippen molar-refractivity contribution in [3.8, 4) is 5.75 Å². The van der Waals surface area contributed by atoms with Crippen LogP contribution in [-0.4, -0.2) is 18.6 Å². The summed E-state index contributed by atoms with van der Waals surface area (Å²) < 4.78 is 10.6. The zero-order valence-electron chi connectivity index (χ0n) is 13.5. The highest BCUT2D eigenvalue weighted by Crippen LogP contribution is 2.36.